The van der Waals surface area contributed by atoms with Crippen LogP contribution in [0, 0.1) is 0 Å². The number of esters is 1. The number of fused-ring (bicyclic) bond motifs is 1. The summed E-state index contributed by atoms with van der Waals surface area (Å²) in [4.78, 5) is 19.3. The van der Waals surface area contributed by atoms with Crippen LogP contribution in [-0.4, -0.2) is 36.2 Å². The number of halogens is 3. The molecular formula is C21H20F3N3O3. The van der Waals surface area contributed by atoms with Gasteiger partial charge in [0.05, 0.1) is 24.8 Å². The van der Waals surface area contributed by atoms with Gasteiger partial charge in [-0.1, -0.05) is 12.1 Å². The van der Waals surface area contributed by atoms with Crippen molar-refractivity contribution in [1.82, 2.24) is 9.97 Å². The number of hydrogen-bond acceptors (Lipinski definition) is 6. The van der Waals surface area contributed by atoms with Gasteiger partial charge >= 0.3 is 12.1 Å². The molecule has 3 rings (SSSR count). The van der Waals surface area contributed by atoms with Crippen molar-refractivity contribution in [2.75, 3.05) is 25.6 Å². The van der Waals surface area contributed by atoms with Crippen molar-refractivity contribution in [3.05, 3.63) is 59.4 Å². The number of anilines is 1. The summed E-state index contributed by atoms with van der Waals surface area (Å²) in [6.07, 6.45) is -4.14. The number of carbonyl (C=O) groups excluding carboxylic acids is 1. The molecule has 0 atom stereocenters. The largest absolute Gasteiger partial charge is 0.497 e. The van der Waals surface area contributed by atoms with Gasteiger partial charge in [0.2, 0.25) is 5.82 Å². The van der Waals surface area contributed by atoms with Crippen LogP contribution in [0.2, 0.25) is 0 Å². The Kier molecular flexibility index (Phi) is 6.39. The fourth-order valence-corrected chi connectivity index (χ4v) is 2.85. The molecule has 0 amide bonds. The van der Waals surface area contributed by atoms with Crippen LogP contribution in [0.15, 0.2) is 42.5 Å². The van der Waals surface area contributed by atoms with E-state index in [2.05, 4.69) is 15.3 Å². The van der Waals surface area contributed by atoms with Crippen LogP contribution in [0.4, 0.5) is 19.0 Å². The number of methoxy groups -OCH3 is 1. The topological polar surface area (TPSA) is 73.3 Å². The minimum atomic E-state index is -4.69. The average Bonchev–Trinajstić information content (AvgIpc) is 2.73. The number of hydrogen-bond donors (Lipinski definition) is 1. The van der Waals surface area contributed by atoms with Crippen molar-refractivity contribution < 1.29 is 27.4 Å². The van der Waals surface area contributed by atoms with E-state index in [1.807, 2.05) is 24.3 Å². The zero-order chi connectivity index (χ0) is 21.7. The van der Waals surface area contributed by atoms with E-state index in [4.69, 9.17) is 9.47 Å². The highest BCUT2D eigenvalue weighted by Gasteiger charge is 2.35. The summed E-state index contributed by atoms with van der Waals surface area (Å²) in [5, 5.41) is 3.25. The summed E-state index contributed by atoms with van der Waals surface area (Å²) in [6, 6.07) is 11.5. The number of aromatic nitrogens is 2. The van der Waals surface area contributed by atoms with Crippen molar-refractivity contribution in [3.8, 4) is 5.75 Å². The van der Waals surface area contributed by atoms with Gasteiger partial charge in [-0.2, -0.15) is 13.2 Å². The minimum Gasteiger partial charge on any atom is -0.497 e. The third-order valence-corrected chi connectivity index (χ3v) is 4.33. The molecule has 158 valence electrons. The Morgan fingerprint density at radius 3 is 2.47 bits per heavy atom. The molecule has 0 aliphatic rings. The molecule has 1 heterocycles. The molecule has 0 radical (unpaired) electrons. The molecule has 3 aromatic rings. The second-order valence-corrected chi connectivity index (χ2v) is 6.37. The Balaban J connectivity index is 1.90. The highest BCUT2D eigenvalue weighted by Crippen LogP contribution is 2.31. The highest BCUT2D eigenvalue weighted by molar-refractivity contribution is 5.97. The maximum atomic E-state index is 13.2. The average molecular weight is 419 g/mol. The second kappa shape index (κ2) is 8.98. The molecule has 1 aromatic heterocycles. The monoisotopic (exact) mass is 419 g/mol. The fourth-order valence-electron chi connectivity index (χ4n) is 2.85. The van der Waals surface area contributed by atoms with E-state index < -0.39 is 18.0 Å². The zero-order valence-electron chi connectivity index (χ0n) is 16.4. The molecular weight excluding hydrogens is 399 g/mol. The standard InChI is InChI=1S/C21H20F3N3O3/c1-3-30-19(28)14-6-9-17-16(12-14)18(27-20(26-17)21(22,23)24)25-11-10-13-4-7-15(29-2)8-5-13/h4-9,12H,3,10-11H2,1-2H3,(H,25,26,27). The van der Waals surface area contributed by atoms with E-state index in [0.29, 0.717) is 18.4 Å². The van der Waals surface area contributed by atoms with Crippen LogP contribution < -0.4 is 10.1 Å². The van der Waals surface area contributed by atoms with Crippen molar-refractivity contribution in [2.24, 2.45) is 0 Å². The van der Waals surface area contributed by atoms with Crippen molar-refractivity contribution in [3.63, 3.8) is 0 Å². The molecule has 0 saturated heterocycles. The van der Waals surface area contributed by atoms with E-state index in [1.165, 1.54) is 18.2 Å². The molecule has 0 spiro atoms. The number of nitrogens with zero attached hydrogens (tertiary/aromatic N) is 2. The molecule has 0 saturated carbocycles. The van der Waals surface area contributed by atoms with Gasteiger partial charge in [0.15, 0.2) is 0 Å². The maximum Gasteiger partial charge on any atom is 0.451 e. The summed E-state index contributed by atoms with van der Waals surface area (Å²) in [5.41, 5.74) is 1.27. The lowest BCUT2D eigenvalue weighted by molar-refractivity contribution is -0.144. The first-order valence-electron chi connectivity index (χ1n) is 9.24. The molecule has 1 N–H and O–H groups in total. The van der Waals surface area contributed by atoms with Crippen LogP contribution >= 0.6 is 0 Å². The third kappa shape index (κ3) is 4.97. The SMILES string of the molecule is CCOC(=O)c1ccc2nc(C(F)(F)F)nc(NCCc3ccc(OC)cc3)c2c1. The van der Waals surface area contributed by atoms with Crippen molar-refractivity contribution in [1.29, 1.82) is 0 Å². The number of benzene rings is 2. The van der Waals surface area contributed by atoms with E-state index in [9.17, 15) is 18.0 Å². The summed E-state index contributed by atoms with van der Waals surface area (Å²) in [7, 11) is 1.57. The quantitative estimate of drug-likeness (QED) is 0.569. The van der Waals surface area contributed by atoms with Crippen molar-refractivity contribution in [2.45, 2.75) is 19.5 Å². The summed E-state index contributed by atoms with van der Waals surface area (Å²) in [5.74, 6) is -1.09. The molecule has 0 unspecified atom stereocenters. The molecule has 0 fully saturated rings. The second-order valence-electron chi connectivity index (χ2n) is 6.37. The summed E-state index contributed by atoms with van der Waals surface area (Å²) >= 11 is 0. The first-order chi connectivity index (χ1) is 14.3. The van der Waals surface area contributed by atoms with Gasteiger partial charge in [-0.15, -0.1) is 0 Å². The molecule has 0 aliphatic carbocycles. The van der Waals surface area contributed by atoms with Crippen LogP contribution in [0.3, 0.4) is 0 Å². The van der Waals surface area contributed by atoms with E-state index in [1.54, 1.807) is 14.0 Å². The van der Waals surface area contributed by atoms with E-state index >= 15 is 0 Å². The molecule has 0 bridgehead atoms. The lowest BCUT2D eigenvalue weighted by atomic mass is 10.1. The molecule has 30 heavy (non-hydrogen) atoms. The van der Waals surface area contributed by atoms with Crippen LogP contribution in [0.5, 0.6) is 5.75 Å². The number of rotatable bonds is 7. The Labute approximate surface area is 171 Å². The summed E-state index contributed by atoms with van der Waals surface area (Å²) < 4.78 is 49.7. The number of alkyl halides is 3. The van der Waals surface area contributed by atoms with Gasteiger partial charge in [0, 0.05) is 11.9 Å². The number of nitrogens with one attached hydrogen (secondary N) is 1. The lowest BCUT2D eigenvalue weighted by Crippen LogP contribution is -2.15. The first kappa shape index (κ1) is 21.4. The zero-order valence-corrected chi connectivity index (χ0v) is 16.4. The number of carbonyl (C=O) groups is 1. The third-order valence-electron chi connectivity index (χ3n) is 4.33. The van der Waals surface area contributed by atoms with E-state index in [0.717, 1.165) is 11.3 Å². The predicted molar refractivity (Wildman–Crippen MR) is 106 cm³/mol. The molecule has 2 aromatic carbocycles. The van der Waals surface area contributed by atoms with Crippen LogP contribution in [0.1, 0.15) is 28.7 Å². The van der Waals surface area contributed by atoms with Gasteiger partial charge in [0.25, 0.3) is 0 Å². The normalized spacial score (nSPS) is 11.4. The highest BCUT2D eigenvalue weighted by atomic mass is 19.4. The van der Waals surface area contributed by atoms with Gasteiger partial charge in [-0.25, -0.2) is 14.8 Å². The van der Waals surface area contributed by atoms with E-state index in [-0.39, 0.29) is 23.5 Å². The predicted octanol–water partition coefficient (Wildman–Crippen LogP) is 4.49. The number of ether oxygens (including phenoxy) is 2. The maximum absolute atomic E-state index is 13.2. The van der Waals surface area contributed by atoms with Crippen LogP contribution in [0.25, 0.3) is 10.9 Å². The van der Waals surface area contributed by atoms with Crippen molar-refractivity contribution >= 4 is 22.7 Å². The van der Waals surface area contributed by atoms with Gasteiger partial charge in [0.1, 0.15) is 11.6 Å². The Hall–Kier alpha value is -3.36. The van der Waals surface area contributed by atoms with Crippen LogP contribution in [-0.2, 0) is 17.3 Å². The smallest absolute Gasteiger partial charge is 0.451 e. The Morgan fingerprint density at radius 1 is 1.10 bits per heavy atom. The first-order valence-corrected chi connectivity index (χ1v) is 9.24. The van der Waals surface area contributed by atoms with Gasteiger partial charge in [-0.05, 0) is 49.2 Å². The Morgan fingerprint density at radius 2 is 1.83 bits per heavy atom. The Bertz CT molecular complexity index is 1040. The molecule has 6 nitrogen and oxygen atoms in total. The summed E-state index contributed by atoms with van der Waals surface area (Å²) in [6.45, 7) is 2.19. The fraction of sp³-hybridized carbons (Fsp3) is 0.286. The van der Waals surface area contributed by atoms with Gasteiger partial charge in [-0.3, -0.25) is 0 Å². The lowest BCUT2D eigenvalue weighted by Gasteiger charge is -2.13. The molecule has 0 aliphatic heterocycles. The molecule has 9 heteroatoms. The van der Waals surface area contributed by atoms with Gasteiger partial charge < -0.3 is 14.8 Å². The minimum absolute atomic E-state index is 0.00647.